The van der Waals surface area contributed by atoms with E-state index in [1.807, 2.05) is 11.3 Å². The van der Waals surface area contributed by atoms with Crippen molar-refractivity contribution in [1.82, 2.24) is 0 Å². The molecule has 6 aliphatic carbocycles. The fourth-order valence-corrected chi connectivity index (χ4v) is 14.7. The highest BCUT2D eigenvalue weighted by Crippen LogP contribution is 2.69. The standard InChI is InChI=1S/C55H45NS/c1-54(2)46-19-6-3-15-42(46)44-18-10-17-40(53(44)54)35-12-9-13-38(31-35)56(49-21-11-23-51-52(49)45-16-5-8-22-50(45)57-51)39-24-25-43-41-14-4-7-20-47(41)55(48(43)32-39)36-27-33-26-34(29-36)30-37(55)28-33/h3-25,31-34,36-37H,26-30H2,1-2H3. The highest BCUT2D eigenvalue weighted by atomic mass is 32.1. The van der Waals surface area contributed by atoms with Crippen molar-refractivity contribution < 1.29 is 0 Å². The van der Waals surface area contributed by atoms with E-state index in [2.05, 4.69) is 170 Å². The highest BCUT2D eigenvalue weighted by Gasteiger charge is 2.61. The molecule has 0 unspecified atom stereocenters. The van der Waals surface area contributed by atoms with Crippen LogP contribution >= 0.6 is 11.3 Å². The number of anilines is 3. The van der Waals surface area contributed by atoms with Gasteiger partial charge in [0.2, 0.25) is 0 Å². The fourth-order valence-electron chi connectivity index (χ4n) is 13.5. The Kier molecular flexibility index (Phi) is 6.63. The molecule has 0 radical (unpaired) electrons. The van der Waals surface area contributed by atoms with Crippen LogP contribution in [0.3, 0.4) is 0 Å². The minimum Gasteiger partial charge on any atom is -0.310 e. The van der Waals surface area contributed by atoms with Gasteiger partial charge >= 0.3 is 0 Å². The average Bonchev–Trinajstić information content (AvgIpc) is 3.84. The third kappa shape index (κ3) is 4.30. The number of fused-ring (bicyclic) bond motifs is 9. The Morgan fingerprint density at radius 3 is 1.93 bits per heavy atom. The molecule has 0 aliphatic heterocycles. The summed E-state index contributed by atoms with van der Waals surface area (Å²) in [4.78, 5) is 2.61. The smallest absolute Gasteiger partial charge is 0.0554 e. The Bertz CT molecular complexity index is 2950. The zero-order valence-electron chi connectivity index (χ0n) is 32.6. The number of hydrogen-bond acceptors (Lipinski definition) is 2. The minimum absolute atomic E-state index is 0.0959. The third-order valence-corrected chi connectivity index (χ3v) is 16.5. The summed E-state index contributed by atoms with van der Waals surface area (Å²) in [5, 5.41) is 2.68. The molecule has 0 atom stereocenters. The van der Waals surface area contributed by atoms with Crippen LogP contribution in [0.2, 0.25) is 0 Å². The lowest BCUT2D eigenvalue weighted by atomic mass is 9.43. The first kappa shape index (κ1) is 32.6. The Morgan fingerprint density at radius 1 is 0.491 bits per heavy atom. The molecule has 1 spiro atoms. The van der Waals surface area contributed by atoms with Gasteiger partial charge < -0.3 is 4.90 Å². The van der Waals surface area contributed by atoms with Gasteiger partial charge in [0, 0.05) is 42.4 Å². The summed E-state index contributed by atoms with van der Waals surface area (Å²) in [5.74, 6) is 3.28. The van der Waals surface area contributed by atoms with Crippen molar-refractivity contribution in [3.63, 3.8) is 0 Å². The molecule has 1 heterocycles. The molecule has 0 saturated heterocycles. The van der Waals surface area contributed by atoms with Crippen LogP contribution in [-0.2, 0) is 10.8 Å². The summed E-state index contributed by atoms with van der Waals surface area (Å²) in [6, 6.07) is 58.5. The van der Waals surface area contributed by atoms with E-state index in [0.717, 1.165) is 23.7 Å². The van der Waals surface area contributed by atoms with Gasteiger partial charge in [0.15, 0.2) is 0 Å². The number of rotatable bonds is 4. The Hall–Kier alpha value is -5.44. The van der Waals surface area contributed by atoms with E-state index in [0.29, 0.717) is 0 Å². The first-order chi connectivity index (χ1) is 28.0. The molecule has 2 heteroatoms. The van der Waals surface area contributed by atoms with Crippen LogP contribution in [0.5, 0.6) is 0 Å². The van der Waals surface area contributed by atoms with Gasteiger partial charge in [-0.15, -0.1) is 11.3 Å². The highest BCUT2D eigenvalue weighted by molar-refractivity contribution is 7.26. The Morgan fingerprint density at radius 2 is 1.11 bits per heavy atom. The third-order valence-electron chi connectivity index (χ3n) is 15.4. The number of nitrogens with zero attached hydrogens (tertiary/aromatic N) is 1. The molecule has 0 amide bonds. The summed E-state index contributed by atoms with van der Waals surface area (Å²) >= 11 is 1.91. The lowest BCUT2D eigenvalue weighted by Gasteiger charge is -2.61. The van der Waals surface area contributed by atoms with Crippen LogP contribution in [-0.4, -0.2) is 0 Å². The van der Waals surface area contributed by atoms with Crippen LogP contribution < -0.4 is 4.90 Å². The molecule has 6 aliphatic rings. The van der Waals surface area contributed by atoms with Gasteiger partial charge in [-0.1, -0.05) is 123 Å². The lowest BCUT2D eigenvalue weighted by molar-refractivity contribution is -0.0399. The second-order valence-electron chi connectivity index (χ2n) is 18.5. The van der Waals surface area contributed by atoms with Crippen LogP contribution in [0.15, 0.2) is 152 Å². The second-order valence-corrected chi connectivity index (χ2v) is 19.6. The summed E-state index contributed by atoms with van der Waals surface area (Å²) in [6.07, 6.45) is 7.02. The molecule has 4 saturated carbocycles. The van der Waals surface area contributed by atoms with Gasteiger partial charge in [0.25, 0.3) is 0 Å². The van der Waals surface area contributed by atoms with E-state index in [1.54, 1.807) is 11.1 Å². The second kappa shape index (κ2) is 11.6. The number of benzene rings is 7. The zero-order chi connectivity index (χ0) is 37.6. The van der Waals surface area contributed by atoms with Crippen LogP contribution in [0.4, 0.5) is 17.1 Å². The van der Waals surface area contributed by atoms with Crippen LogP contribution in [0, 0.1) is 23.7 Å². The molecule has 14 rings (SSSR count). The molecule has 4 bridgehead atoms. The number of thiophene rings is 1. The zero-order valence-corrected chi connectivity index (χ0v) is 33.5. The van der Waals surface area contributed by atoms with Crippen molar-refractivity contribution in [3.8, 4) is 33.4 Å². The topological polar surface area (TPSA) is 3.24 Å². The molecule has 276 valence electrons. The van der Waals surface area contributed by atoms with Gasteiger partial charge in [-0.3, -0.25) is 0 Å². The van der Waals surface area contributed by atoms with Gasteiger partial charge in [0.1, 0.15) is 0 Å². The van der Waals surface area contributed by atoms with Crippen LogP contribution in [0.25, 0.3) is 53.6 Å². The van der Waals surface area contributed by atoms with E-state index in [9.17, 15) is 0 Å². The lowest BCUT2D eigenvalue weighted by Crippen LogP contribution is -2.55. The molecular formula is C55H45NS. The molecule has 4 fully saturated rings. The van der Waals surface area contributed by atoms with Crippen molar-refractivity contribution in [2.75, 3.05) is 4.90 Å². The minimum atomic E-state index is -0.0959. The molecule has 0 N–H and O–H groups in total. The summed E-state index contributed by atoms with van der Waals surface area (Å²) in [5.41, 5.74) is 18.1. The van der Waals surface area contributed by atoms with Crippen molar-refractivity contribution in [2.45, 2.75) is 56.8 Å². The Labute approximate surface area is 339 Å². The van der Waals surface area contributed by atoms with Gasteiger partial charge in [0.05, 0.1) is 5.69 Å². The summed E-state index contributed by atoms with van der Waals surface area (Å²) in [6.45, 7) is 4.81. The summed E-state index contributed by atoms with van der Waals surface area (Å²) in [7, 11) is 0. The Balaban J connectivity index is 1.05. The maximum Gasteiger partial charge on any atom is 0.0554 e. The van der Waals surface area contributed by atoms with Crippen molar-refractivity contribution in [1.29, 1.82) is 0 Å². The van der Waals surface area contributed by atoms with E-state index in [1.165, 1.54) is 114 Å². The van der Waals surface area contributed by atoms with Crippen molar-refractivity contribution in [2.24, 2.45) is 23.7 Å². The quantitative estimate of drug-likeness (QED) is 0.173. The largest absolute Gasteiger partial charge is 0.310 e. The first-order valence-corrected chi connectivity index (χ1v) is 22.1. The van der Waals surface area contributed by atoms with Gasteiger partial charge in [-0.2, -0.15) is 0 Å². The molecule has 7 aromatic carbocycles. The van der Waals surface area contributed by atoms with E-state index in [4.69, 9.17) is 0 Å². The van der Waals surface area contributed by atoms with Crippen LogP contribution in [0.1, 0.15) is 68.2 Å². The van der Waals surface area contributed by atoms with Crippen molar-refractivity contribution in [3.05, 3.63) is 174 Å². The maximum atomic E-state index is 2.66. The normalized spacial score (nSPS) is 24.2. The molecule has 57 heavy (non-hydrogen) atoms. The van der Waals surface area contributed by atoms with Gasteiger partial charge in [-0.25, -0.2) is 0 Å². The SMILES string of the molecule is CC1(C)c2ccccc2-c2cccc(-c3cccc(N(c4ccc5c(c4)C4(c6ccccc6-5)C5CC6CC(C5)CC4C6)c4cccc5sc6ccccc6c45)c3)c21. The predicted octanol–water partition coefficient (Wildman–Crippen LogP) is 15.2. The molecule has 1 nitrogen and oxygen atoms in total. The number of hydrogen-bond donors (Lipinski definition) is 0. The molecule has 1 aromatic heterocycles. The molecular weight excluding hydrogens is 707 g/mol. The monoisotopic (exact) mass is 751 g/mol. The summed E-state index contributed by atoms with van der Waals surface area (Å²) < 4.78 is 2.67. The fraction of sp³-hybridized carbons (Fsp3) is 0.236. The van der Waals surface area contributed by atoms with E-state index >= 15 is 0 Å². The first-order valence-electron chi connectivity index (χ1n) is 21.3. The van der Waals surface area contributed by atoms with Crippen molar-refractivity contribution >= 4 is 48.6 Å². The van der Waals surface area contributed by atoms with E-state index < -0.39 is 0 Å². The molecule has 8 aromatic rings. The predicted molar refractivity (Wildman–Crippen MR) is 240 cm³/mol. The average molecular weight is 752 g/mol. The van der Waals surface area contributed by atoms with Gasteiger partial charge in [-0.05, 0) is 154 Å². The van der Waals surface area contributed by atoms with E-state index in [-0.39, 0.29) is 10.8 Å². The maximum absolute atomic E-state index is 2.66.